The number of thiophene rings is 1. The van der Waals surface area contributed by atoms with E-state index in [9.17, 15) is 9.90 Å². The van der Waals surface area contributed by atoms with Crippen LogP contribution in [0.2, 0.25) is 0 Å². The number of nitrogens with one attached hydrogen (secondary N) is 2. The van der Waals surface area contributed by atoms with Crippen LogP contribution >= 0.6 is 11.3 Å². The fraction of sp³-hybridized carbons (Fsp3) is 0.583. The number of rotatable bonds is 5. The molecular formula is C12H20N2O2S. The highest BCUT2D eigenvalue weighted by molar-refractivity contribution is 7.10. The topological polar surface area (TPSA) is 61.4 Å². The van der Waals surface area contributed by atoms with Gasteiger partial charge in [0.05, 0.1) is 6.54 Å². The molecule has 0 spiro atoms. The summed E-state index contributed by atoms with van der Waals surface area (Å²) < 4.78 is 0. The average Bonchev–Trinajstić information content (AvgIpc) is 2.80. The summed E-state index contributed by atoms with van der Waals surface area (Å²) in [7, 11) is 0. The number of amides is 2. The Hall–Kier alpha value is -1.07. The summed E-state index contributed by atoms with van der Waals surface area (Å²) in [5, 5.41) is 17.6. The Morgan fingerprint density at radius 2 is 2.35 bits per heavy atom. The molecule has 1 aromatic heterocycles. The van der Waals surface area contributed by atoms with Crippen LogP contribution in [0.3, 0.4) is 0 Å². The number of aliphatic hydroxyl groups is 1. The average molecular weight is 256 g/mol. The standard InChI is InChI=1S/C12H20N2O2S/c1-4-9(2)14-11(15)13-8-12(3,16)10-6-5-7-17-10/h5-7,9,16H,4,8H2,1-3H3,(H2,13,14,15). The van der Waals surface area contributed by atoms with Gasteiger partial charge in [0.15, 0.2) is 0 Å². The molecule has 0 aliphatic carbocycles. The normalized spacial score (nSPS) is 16.0. The summed E-state index contributed by atoms with van der Waals surface area (Å²) in [5.41, 5.74) is -1.01. The fourth-order valence-corrected chi connectivity index (χ4v) is 2.09. The maximum absolute atomic E-state index is 11.5. The molecular weight excluding hydrogens is 236 g/mol. The van der Waals surface area contributed by atoms with Crippen LogP contribution in [0.5, 0.6) is 0 Å². The van der Waals surface area contributed by atoms with Gasteiger partial charge in [-0.2, -0.15) is 0 Å². The Bertz CT molecular complexity index is 349. The maximum Gasteiger partial charge on any atom is 0.315 e. The van der Waals surface area contributed by atoms with Gasteiger partial charge < -0.3 is 15.7 Å². The van der Waals surface area contributed by atoms with Crippen molar-refractivity contribution in [3.63, 3.8) is 0 Å². The van der Waals surface area contributed by atoms with Crippen molar-refractivity contribution in [2.24, 2.45) is 0 Å². The molecule has 5 heteroatoms. The second-order valence-electron chi connectivity index (χ2n) is 4.39. The smallest absolute Gasteiger partial charge is 0.315 e. The molecule has 2 unspecified atom stereocenters. The molecule has 1 rings (SSSR count). The Balaban J connectivity index is 2.42. The number of hydrogen-bond donors (Lipinski definition) is 3. The SMILES string of the molecule is CCC(C)NC(=O)NCC(C)(O)c1cccs1. The quantitative estimate of drug-likeness (QED) is 0.755. The van der Waals surface area contributed by atoms with E-state index >= 15 is 0 Å². The minimum atomic E-state index is -1.01. The summed E-state index contributed by atoms with van der Waals surface area (Å²) in [6, 6.07) is 3.64. The third-order valence-electron chi connectivity index (χ3n) is 2.64. The molecule has 0 radical (unpaired) electrons. The maximum atomic E-state index is 11.5. The van der Waals surface area contributed by atoms with Crippen molar-refractivity contribution in [3.05, 3.63) is 22.4 Å². The number of urea groups is 1. The Morgan fingerprint density at radius 1 is 1.65 bits per heavy atom. The predicted octanol–water partition coefficient (Wildman–Crippen LogP) is 2.05. The molecule has 17 heavy (non-hydrogen) atoms. The highest BCUT2D eigenvalue weighted by atomic mass is 32.1. The molecule has 0 saturated carbocycles. The van der Waals surface area contributed by atoms with E-state index in [0.717, 1.165) is 11.3 Å². The lowest BCUT2D eigenvalue weighted by atomic mass is 10.1. The van der Waals surface area contributed by atoms with Crippen molar-refractivity contribution in [3.8, 4) is 0 Å². The van der Waals surface area contributed by atoms with E-state index in [1.54, 1.807) is 6.92 Å². The first-order valence-corrected chi connectivity index (χ1v) is 6.64. The van der Waals surface area contributed by atoms with Crippen molar-refractivity contribution in [1.29, 1.82) is 0 Å². The summed E-state index contributed by atoms with van der Waals surface area (Å²) in [6.07, 6.45) is 0.884. The Morgan fingerprint density at radius 3 is 2.88 bits per heavy atom. The molecule has 0 aliphatic rings. The van der Waals surface area contributed by atoms with Gasteiger partial charge in [0.1, 0.15) is 5.60 Å². The zero-order valence-electron chi connectivity index (χ0n) is 10.5. The second-order valence-corrected chi connectivity index (χ2v) is 5.34. The van der Waals surface area contributed by atoms with Gasteiger partial charge in [0.2, 0.25) is 0 Å². The second kappa shape index (κ2) is 6.02. The number of carbonyl (C=O) groups is 1. The number of carbonyl (C=O) groups excluding carboxylic acids is 1. The van der Waals surface area contributed by atoms with Gasteiger partial charge in [0.25, 0.3) is 0 Å². The minimum absolute atomic E-state index is 0.140. The predicted molar refractivity (Wildman–Crippen MR) is 70.2 cm³/mol. The first kappa shape index (κ1) is 14.0. The molecule has 1 aromatic rings. The van der Waals surface area contributed by atoms with E-state index in [-0.39, 0.29) is 18.6 Å². The van der Waals surface area contributed by atoms with E-state index in [2.05, 4.69) is 10.6 Å². The molecule has 0 saturated heterocycles. The van der Waals surface area contributed by atoms with E-state index in [4.69, 9.17) is 0 Å². The van der Waals surface area contributed by atoms with Crippen molar-refractivity contribution >= 4 is 17.4 Å². The van der Waals surface area contributed by atoms with Crippen molar-refractivity contribution < 1.29 is 9.90 Å². The Labute approximate surface area is 106 Å². The van der Waals surface area contributed by atoms with Gasteiger partial charge in [-0.15, -0.1) is 11.3 Å². The van der Waals surface area contributed by atoms with Gasteiger partial charge in [-0.1, -0.05) is 13.0 Å². The van der Waals surface area contributed by atoms with Crippen LogP contribution < -0.4 is 10.6 Å². The van der Waals surface area contributed by atoms with Crippen molar-refractivity contribution in [1.82, 2.24) is 10.6 Å². The largest absolute Gasteiger partial charge is 0.383 e. The Kier molecular flexibility index (Phi) is 4.96. The van der Waals surface area contributed by atoms with Crippen LogP contribution in [-0.2, 0) is 5.60 Å². The summed E-state index contributed by atoms with van der Waals surface area (Å²) in [6.45, 7) is 5.85. The minimum Gasteiger partial charge on any atom is -0.383 e. The summed E-state index contributed by atoms with van der Waals surface area (Å²) >= 11 is 1.48. The third kappa shape index (κ3) is 4.36. The van der Waals surface area contributed by atoms with Crippen LogP contribution in [0.25, 0.3) is 0 Å². The number of hydrogen-bond acceptors (Lipinski definition) is 3. The highest BCUT2D eigenvalue weighted by Crippen LogP contribution is 2.24. The zero-order valence-corrected chi connectivity index (χ0v) is 11.3. The molecule has 2 atom stereocenters. The van der Waals surface area contributed by atoms with Gasteiger partial charge >= 0.3 is 6.03 Å². The lowest BCUT2D eigenvalue weighted by Crippen LogP contribution is -2.45. The summed E-state index contributed by atoms with van der Waals surface area (Å²) in [4.78, 5) is 12.3. The van der Waals surface area contributed by atoms with E-state index in [1.807, 2.05) is 31.4 Å². The van der Waals surface area contributed by atoms with Crippen LogP contribution in [0.15, 0.2) is 17.5 Å². The lowest BCUT2D eigenvalue weighted by Gasteiger charge is -2.23. The van der Waals surface area contributed by atoms with Gasteiger partial charge in [-0.25, -0.2) is 4.79 Å². The molecule has 4 nitrogen and oxygen atoms in total. The van der Waals surface area contributed by atoms with Crippen LogP contribution in [-0.4, -0.2) is 23.7 Å². The molecule has 2 amide bonds. The molecule has 96 valence electrons. The molecule has 0 aromatic carbocycles. The molecule has 0 fully saturated rings. The third-order valence-corrected chi connectivity index (χ3v) is 3.76. The molecule has 0 bridgehead atoms. The zero-order chi connectivity index (χ0) is 12.9. The van der Waals surface area contributed by atoms with Crippen LogP contribution in [0.4, 0.5) is 4.79 Å². The summed E-state index contributed by atoms with van der Waals surface area (Å²) in [5.74, 6) is 0. The van der Waals surface area contributed by atoms with E-state index in [1.165, 1.54) is 11.3 Å². The van der Waals surface area contributed by atoms with E-state index in [0.29, 0.717) is 0 Å². The van der Waals surface area contributed by atoms with Gasteiger partial charge in [-0.05, 0) is 31.7 Å². The van der Waals surface area contributed by atoms with Crippen LogP contribution in [0.1, 0.15) is 32.1 Å². The first-order chi connectivity index (χ1) is 7.95. The lowest BCUT2D eigenvalue weighted by molar-refractivity contribution is 0.0630. The fourth-order valence-electron chi connectivity index (χ4n) is 1.30. The molecule has 3 N–H and O–H groups in total. The first-order valence-electron chi connectivity index (χ1n) is 5.76. The monoisotopic (exact) mass is 256 g/mol. The van der Waals surface area contributed by atoms with Gasteiger partial charge in [-0.3, -0.25) is 0 Å². The van der Waals surface area contributed by atoms with Crippen molar-refractivity contribution in [2.75, 3.05) is 6.54 Å². The molecule has 1 heterocycles. The van der Waals surface area contributed by atoms with Gasteiger partial charge in [0, 0.05) is 10.9 Å². The molecule has 0 aliphatic heterocycles. The highest BCUT2D eigenvalue weighted by Gasteiger charge is 2.24. The van der Waals surface area contributed by atoms with Crippen molar-refractivity contribution in [2.45, 2.75) is 38.8 Å². The van der Waals surface area contributed by atoms with E-state index < -0.39 is 5.60 Å². The van der Waals surface area contributed by atoms with Crippen LogP contribution in [0, 0.1) is 0 Å².